The Morgan fingerprint density at radius 1 is 1.08 bits per heavy atom. The minimum Gasteiger partial charge on any atom is -0.761 e. The van der Waals surface area contributed by atoms with Gasteiger partial charge >= 0.3 is 0 Å². The maximum Gasteiger partial charge on any atom is 0.231 e. The highest BCUT2D eigenvalue weighted by Gasteiger charge is 2.14. The number of hydrogen-bond acceptors (Lipinski definition) is 6. The number of pyridine rings is 1. The Bertz CT molecular complexity index is 943. The molecule has 0 aliphatic carbocycles. The van der Waals surface area contributed by atoms with Crippen LogP contribution in [0.2, 0.25) is 0 Å². The Morgan fingerprint density at radius 3 is 2.81 bits per heavy atom. The Morgan fingerprint density at radius 2 is 1.96 bits per heavy atom. The number of methoxy groups -OCH3 is 1. The van der Waals surface area contributed by atoms with Gasteiger partial charge in [0.2, 0.25) is 6.79 Å². The lowest BCUT2D eigenvalue weighted by molar-refractivity contribution is 0.174. The topological polar surface area (TPSA) is 75.7 Å². The number of nitrogens with zero attached hydrogens (tertiary/aromatic N) is 1. The molecule has 6 heteroatoms. The van der Waals surface area contributed by atoms with Crippen LogP contribution in [-0.2, 0) is 6.42 Å². The van der Waals surface area contributed by atoms with Crippen LogP contribution in [0.5, 0.6) is 17.2 Å². The summed E-state index contributed by atoms with van der Waals surface area (Å²) >= 11 is 0. The third kappa shape index (κ3) is 3.14. The van der Waals surface area contributed by atoms with Gasteiger partial charge < -0.3 is 24.9 Å². The molecule has 0 amide bonds. The van der Waals surface area contributed by atoms with E-state index in [0.717, 1.165) is 28.3 Å². The first-order valence-corrected chi connectivity index (χ1v) is 8.18. The first-order valence-electron chi connectivity index (χ1n) is 8.18. The summed E-state index contributed by atoms with van der Waals surface area (Å²) in [5.41, 5.74) is 5.87. The lowest BCUT2D eigenvalue weighted by Gasteiger charge is -2.13. The fourth-order valence-corrected chi connectivity index (χ4v) is 2.95. The van der Waals surface area contributed by atoms with Gasteiger partial charge in [-0.15, -0.1) is 0 Å². The van der Waals surface area contributed by atoms with Crippen LogP contribution in [0, 0.1) is 5.21 Å². The van der Waals surface area contributed by atoms with Crippen LogP contribution >= 0.6 is 0 Å². The molecule has 0 spiro atoms. The van der Waals surface area contributed by atoms with Crippen molar-refractivity contribution >= 4 is 5.69 Å². The summed E-state index contributed by atoms with van der Waals surface area (Å²) in [5.74, 6) is 2.17. The molecule has 1 aromatic heterocycles. The van der Waals surface area contributed by atoms with Crippen molar-refractivity contribution in [2.75, 3.05) is 19.4 Å². The van der Waals surface area contributed by atoms with E-state index < -0.39 is 0 Å². The van der Waals surface area contributed by atoms with E-state index in [4.69, 9.17) is 19.2 Å². The predicted molar refractivity (Wildman–Crippen MR) is 98.6 cm³/mol. The molecule has 0 saturated carbocycles. The van der Waals surface area contributed by atoms with Gasteiger partial charge in [0.15, 0.2) is 11.5 Å². The molecule has 3 aromatic rings. The van der Waals surface area contributed by atoms with E-state index in [1.807, 2.05) is 41.9 Å². The molecule has 0 bridgehead atoms. The molecule has 132 valence electrons. The van der Waals surface area contributed by atoms with Crippen LogP contribution in [0.25, 0.3) is 11.3 Å². The van der Waals surface area contributed by atoms with Crippen molar-refractivity contribution in [2.45, 2.75) is 6.42 Å². The summed E-state index contributed by atoms with van der Waals surface area (Å²) in [5, 5.41) is 10.9. The van der Waals surface area contributed by atoms with Crippen molar-refractivity contribution in [1.29, 1.82) is 0 Å². The van der Waals surface area contributed by atoms with E-state index in [1.54, 1.807) is 25.3 Å². The molecule has 1 aliphatic heterocycles. The molecule has 2 aromatic carbocycles. The normalized spacial score (nSPS) is 12.1. The van der Waals surface area contributed by atoms with Crippen LogP contribution in [0.4, 0.5) is 5.69 Å². The molecule has 2 heterocycles. The third-order valence-electron chi connectivity index (χ3n) is 4.21. The summed E-state index contributed by atoms with van der Waals surface area (Å²) in [6.45, 7) is 0.258. The highest BCUT2D eigenvalue weighted by Crippen LogP contribution is 2.34. The number of ether oxygens (including phenoxy) is 3. The zero-order valence-electron chi connectivity index (χ0n) is 14.2. The zero-order chi connectivity index (χ0) is 17.9. The second kappa shape index (κ2) is 6.93. The summed E-state index contributed by atoms with van der Waals surface area (Å²) < 4.78 is 16.2. The molecule has 6 nitrogen and oxygen atoms in total. The molecular weight excluding hydrogens is 332 g/mol. The summed E-state index contributed by atoms with van der Waals surface area (Å²) in [7, 11) is 1.60. The molecule has 4 rings (SSSR count). The van der Waals surface area contributed by atoms with Crippen LogP contribution in [0.1, 0.15) is 11.3 Å². The fourth-order valence-electron chi connectivity index (χ4n) is 2.95. The summed E-state index contributed by atoms with van der Waals surface area (Å²) in [6, 6.07) is 16.9. The average molecular weight is 349 g/mol. The largest absolute Gasteiger partial charge is 0.761 e. The molecule has 26 heavy (non-hydrogen) atoms. The minimum absolute atomic E-state index is 0.258. The Balaban J connectivity index is 1.67. The van der Waals surface area contributed by atoms with Crippen molar-refractivity contribution in [3.05, 3.63) is 71.1 Å². The van der Waals surface area contributed by atoms with Gasteiger partial charge in [0.1, 0.15) is 11.4 Å². The number of nitrogens with one attached hydrogen (secondary N) is 1. The monoisotopic (exact) mass is 349 g/mol. The van der Waals surface area contributed by atoms with Crippen molar-refractivity contribution in [1.82, 2.24) is 4.98 Å². The van der Waals surface area contributed by atoms with Gasteiger partial charge in [0.05, 0.1) is 7.11 Å². The van der Waals surface area contributed by atoms with Gasteiger partial charge in [-0.1, -0.05) is 18.2 Å². The maximum atomic E-state index is 10.9. The van der Waals surface area contributed by atoms with Crippen molar-refractivity contribution in [3.63, 3.8) is 0 Å². The molecule has 0 unspecified atom stereocenters. The van der Waals surface area contributed by atoms with Gasteiger partial charge in [-0.25, -0.2) is 4.98 Å². The number of benzene rings is 2. The van der Waals surface area contributed by atoms with Gasteiger partial charge in [-0.2, -0.15) is 0 Å². The zero-order valence-corrected chi connectivity index (χ0v) is 14.2. The van der Waals surface area contributed by atoms with E-state index in [1.165, 1.54) is 0 Å². The van der Waals surface area contributed by atoms with E-state index >= 15 is 0 Å². The average Bonchev–Trinajstić information content (AvgIpc) is 3.16. The molecule has 1 aliphatic rings. The molecule has 0 fully saturated rings. The van der Waals surface area contributed by atoms with Crippen LogP contribution in [0.15, 0.2) is 54.6 Å². The highest BCUT2D eigenvalue weighted by molar-refractivity contribution is 5.70. The quantitative estimate of drug-likeness (QED) is 0.702. The Labute approximate surface area is 150 Å². The van der Waals surface area contributed by atoms with Gasteiger partial charge in [0, 0.05) is 23.4 Å². The van der Waals surface area contributed by atoms with Crippen molar-refractivity contribution in [2.24, 2.45) is 0 Å². The lowest BCUT2D eigenvalue weighted by atomic mass is 10.1. The highest BCUT2D eigenvalue weighted by atomic mass is 16.7. The minimum atomic E-state index is 0.258. The summed E-state index contributed by atoms with van der Waals surface area (Å²) in [4.78, 5) is 4.75. The number of fused-ring (bicyclic) bond motifs is 1. The second-order valence-corrected chi connectivity index (χ2v) is 5.90. The number of anilines is 1. The van der Waals surface area contributed by atoms with E-state index in [-0.39, 0.29) is 6.79 Å². The standard InChI is InChI=1S/C20H17N2O4/c1-24-18-8-6-15(9-13-5-7-17-19(10-13)26-12-25-17)21-20(18)14-3-2-4-16(11-14)22-23/h2-8,10-11,22H,9,12H2,1H3/q-1. The smallest absolute Gasteiger partial charge is 0.231 e. The fraction of sp³-hybridized carbons (Fsp3) is 0.150. The van der Waals surface area contributed by atoms with Crippen molar-refractivity contribution in [3.8, 4) is 28.5 Å². The van der Waals surface area contributed by atoms with Crippen LogP contribution < -0.4 is 19.7 Å². The van der Waals surface area contributed by atoms with Crippen molar-refractivity contribution < 1.29 is 14.2 Å². The number of aromatic nitrogens is 1. The second-order valence-electron chi connectivity index (χ2n) is 5.90. The third-order valence-corrected chi connectivity index (χ3v) is 4.21. The van der Waals surface area contributed by atoms with E-state index in [2.05, 4.69) is 0 Å². The Kier molecular flexibility index (Phi) is 4.33. The number of rotatable bonds is 5. The van der Waals surface area contributed by atoms with Crippen LogP contribution in [-0.4, -0.2) is 18.9 Å². The SMILES string of the molecule is COc1ccc(Cc2ccc3c(c2)OCO3)nc1-c1cccc(N[O-])c1. The molecule has 0 radical (unpaired) electrons. The lowest BCUT2D eigenvalue weighted by Crippen LogP contribution is -1.98. The van der Waals surface area contributed by atoms with E-state index in [9.17, 15) is 5.21 Å². The van der Waals surface area contributed by atoms with Gasteiger partial charge in [0.25, 0.3) is 0 Å². The Hall–Kier alpha value is -3.25. The summed E-state index contributed by atoms with van der Waals surface area (Å²) in [6.07, 6.45) is 0.646. The molecule has 1 N–H and O–H groups in total. The molecule has 0 atom stereocenters. The predicted octanol–water partition coefficient (Wildman–Crippen LogP) is 3.99. The molecular formula is C20H17N2O4-. The molecule has 0 saturated heterocycles. The van der Waals surface area contributed by atoms with Gasteiger partial charge in [-0.05, 0) is 42.0 Å². The van der Waals surface area contributed by atoms with E-state index in [0.29, 0.717) is 23.6 Å². The maximum absolute atomic E-state index is 10.9. The van der Waals surface area contributed by atoms with Gasteiger partial charge in [-0.3, -0.25) is 0 Å². The first kappa shape index (κ1) is 16.2. The first-order chi connectivity index (χ1) is 12.8. The number of hydrogen-bond donors (Lipinski definition) is 1. The van der Waals surface area contributed by atoms with Crippen LogP contribution in [0.3, 0.4) is 0 Å².